The molecule has 19 heavy (non-hydrogen) atoms. The molecule has 3 rings (SSSR count). The Bertz CT molecular complexity index is 679. The number of aryl methyl sites for hydroxylation is 2. The van der Waals surface area contributed by atoms with Crippen LogP contribution >= 0.6 is 11.3 Å². The van der Waals surface area contributed by atoms with Crippen molar-refractivity contribution >= 4 is 16.3 Å². The fraction of sp³-hybridized carbons (Fsp3) is 0.417. The predicted molar refractivity (Wildman–Crippen MR) is 74.2 cm³/mol. The van der Waals surface area contributed by atoms with Crippen molar-refractivity contribution in [3.8, 4) is 0 Å². The average molecular weight is 276 g/mol. The second-order valence-corrected chi connectivity index (χ2v) is 5.33. The first-order chi connectivity index (χ1) is 9.24. The Hall–Kier alpha value is -1.73. The van der Waals surface area contributed by atoms with Crippen LogP contribution in [0.4, 0.5) is 0 Å². The van der Waals surface area contributed by atoms with Crippen LogP contribution in [-0.2, 0) is 20.0 Å². The number of fused-ring (bicyclic) bond motifs is 1. The number of thiazole rings is 1. The molecule has 0 saturated carbocycles. The van der Waals surface area contributed by atoms with Crippen molar-refractivity contribution in [2.75, 3.05) is 6.54 Å². The van der Waals surface area contributed by atoms with Crippen LogP contribution in [0.25, 0.3) is 4.96 Å². The molecule has 0 radical (unpaired) electrons. The second kappa shape index (κ2) is 5.10. The van der Waals surface area contributed by atoms with Gasteiger partial charge in [0, 0.05) is 38.1 Å². The quantitative estimate of drug-likeness (QED) is 0.711. The fourth-order valence-corrected chi connectivity index (χ4v) is 2.84. The maximum Gasteiger partial charge on any atom is 0.194 e. The van der Waals surface area contributed by atoms with Gasteiger partial charge in [-0.2, -0.15) is 5.10 Å². The van der Waals surface area contributed by atoms with E-state index in [0.29, 0.717) is 0 Å². The van der Waals surface area contributed by atoms with Crippen molar-refractivity contribution in [3.05, 3.63) is 35.1 Å². The zero-order valence-corrected chi connectivity index (χ0v) is 11.8. The smallest absolute Gasteiger partial charge is 0.194 e. The van der Waals surface area contributed by atoms with E-state index in [0.717, 1.165) is 36.0 Å². The number of hydrogen-bond donors (Lipinski definition) is 1. The molecule has 3 aromatic rings. The third-order valence-electron chi connectivity index (χ3n) is 3.03. The standard InChI is InChI=1S/C12H16N6S/c1-9-10(18-5-6-19-12(18)15-9)7-13-4-3-11-14-8-17(2)16-11/h5-6,8,13H,3-4,7H2,1-2H3. The third-order valence-corrected chi connectivity index (χ3v) is 3.78. The monoisotopic (exact) mass is 276 g/mol. The van der Waals surface area contributed by atoms with Gasteiger partial charge in [0.1, 0.15) is 6.33 Å². The molecule has 0 saturated heterocycles. The summed E-state index contributed by atoms with van der Waals surface area (Å²) in [5, 5.41) is 9.74. The SMILES string of the molecule is Cc1nc2sccn2c1CNCCc1ncn(C)n1. The topological polar surface area (TPSA) is 60.0 Å². The van der Waals surface area contributed by atoms with E-state index in [-0.39, 0.29) is 0 Å². The van der Waals surface area contributed by atoms with Crippen molar-refractivity contribution in [1.82, 2.24) is 29.5 Å². The van der Waals surface area contributed by atoms with E-state index in [4.69, 9.17) is 0 Å². The van der Waals surface area contributed by atoms with Gasteiger partial charge in [0.15, 0.2) is 10.8 Å². The highest BCUT2D eigenvalue weighted by molar-refractivity contribution is 7.15. The number of nitrogens with one attached hydrogen (secondary N) is 1. The van der Waals surface area contributed by atoms with Crippen molar-refractivity contribution in [1.29, 1.82) is 0 Å². The molecular weight excluding hydrogens is 260 g/mol. The van der Waals surface area contributed by atoms with E-state index in [1.54, 1.807) is 22.3 Å². The Morgan fingerprint density at radius 1 is 1.42 bits per heavy atom. The summed E-state index contributed by atoms with van der Waals surface area (Å²) in [6.45, 7) is 3.73. The first-order valence-corrected chi connectivity index (χ1v) is 7.08. The van der Waals surface area contributed by atoms with Crippen LogP contribution in [0.15, 0.2) is 17.9 Å². The summed E-state index contributed by atoms with van der Waals surface area (Å²) in [4.78, 5) is 9.79. The number of aromatic nitrogens is 5. The van der Waals surface area contributed by atoms with Gasteiger partial charge in [0.25, 0.3) is 0 Å². The molecule has 0 amide bonds. The third kappa shape index (κ3) is 2.52. The number of hydrogen-bond acceptors (Lipinski definition) is 5. The van der Waals surface area contributed by atoms with Crippen molar-refractivity contribution in [2.45, 2.75) is 19.9 Å². The summed E-state index contributed by atoms with van der Waals surface area (Å²) in [6, 6.07) is 0. The molecule has 3 heterocycles. The van der Waals surface area contributed by atoms with Crippen LogP contribution in [0, 0.1) is 6.92 Å². The largest absolute Gasteiger partial charge is 0.311 e. The summed E-state index contributed by atoms with van der Waals surface area (Å²) >= 11 is 1.66. The normalized spacial score (nSPS) is 11.5. The van der Waals surface area contributed by atoms with E-state index in [9.17, 15) is 0 Å². The number of nitrogens with zero attached hydrogens (tertiary/aromatic N) is 5. The molecule has 0 fully saturated rings. The zero-order chi connectivity index (χ0) is 13.2. The van der Waals surface area contributed by atoms with E-state index in [1.165, 1.54) is 5.69 Å². The van der Waals surface area contributed by atoms with Crippen molar-refractivity contribution in [3.63, 3.8) is 0 Å². The minimum atomic E-state index is 0.816. The molecule has 3 aromatic heterocycles. The van der Waals surface area contributed by atoms with Crippen LogP contribution in [0.2, 0.25) is 0 Å². The van der Waals surface area contributed by atoms with Crippen molar-refractivity contribution in [2.24, 2.45) is 7.05 Å². The van der Waals surface area contributed by atoms with Gasteiger partial charge in [-0.1, -0.05) is 0 Å². The van der Waals surface area contributed by atoms with Gasteiger partial charge < -0.3 is 5.32 Å². The first-order valence-electron chi connectivity index (χ1n) is 6.20. The van der Waals surface area contributed by atoms with E-state index in [1.807, 2.05) is 7.05 Å². The highest BCUT2D eigenvalue weighted by Crippen LogP contribution is 2.16. The van der Waals surface area contributed by atoms with Crippen LogP contribution < -0.4 is 5.32 Å². The van der Waals surface area contributed by atoms with E-state index in [2.05, 4.69) is 43.3 Å². The molecule has 0 atom stereocenters. The molecule has 100 valence electrons. The van der Waals surface area contributed by atoms with Gasteiger partial charge >= 0.3 is 0 Å². The molecule has 7 heteroatoms. The lowest BCUT2D eigenvalue weighted by atomic mass is 10.3. The van der Waals surface area contributed by atoms with Gasteiger partial charge in [0.2, 0.25) is 0 Å². The maximum atomic E-state index is 4.53. The molecule has 0 aromatic carbocycles. The molecule has 1 N–H and O–H groups in total. The molecule has 0 aliphatic rings. The van der Waals surface area contributed by atoms with Gasteiger partial charge in [-0.05, 0) is 6.92 Å². The predicted octanol–water partition coefficient (Wildman–Crippen LogP) is 1.17. The first kappa shape index (κ1) is 12.3. The minimum Gasteiger partial charge on any atom is -0.311 e. The average Bonchev–Trinajstić information content (AvgIpc) is 3.03. The Labute approximate surface area is 115 Å². The molecule has 0 aliphatic heterocycles. The van der Waals surface area contributed by atoms with Gasteiger partial charge in [0.05, 0.1) is 11.4 Å². The highest BCUT2D eigenvalue weighted by Gasteiger charge is 2.08. The maximum absolute atomic E-state index is 4.53. The molecule has 0 spiro atoms. The number of rotatable bonds is 5. The van der Waals surface area contributed by atoms with Crippen LogP contribution in [-0.4, -0.2) is 30.7 Å². The Morgan fingerprint density at radius 3 is 3.11 bits per heavy atom. The molecule has 0 bridgehead atoms. The lowest BCUT2D eigenvalue weighted by Crippen LogP contribution is -2.18. The van der Waals surface area contributed by atoms with Crippen LogP contribution in [0.3, 0.4) is 0 Å². The summed E-state index contributed by atoms with van der Waals surface area (Å²) < 4.78 is 3.87. The van der Waals surface area contributed by atoms with E-state index >= 15 is 0 Å². The number of imidazole rings is 1. The zero-order valence-electron chi connectivity index (χ0n) is 11.0. The fourth-order valence-electron chi connectivity index (χ4n) is 2.06. The van der Waals surface area contributed by atoms with Gasteiger partial charge in [-0.25, -0.2) is 9.97 Å². The highest BCUT2D eigenvalue weighted by atomic mass is 32.1. The Morgan fingerprint density at radius 2 is 2.32 bits per heavy atom. The summed E-state index contributed by atoms with van der Waals surface area (Å²) in [5.41, 5.74) is 2.32. The van der Waals surface area contributed by atoms with E-state index < -0.39 is 0 Å². The lowest BCUT2D eigenvalue weighted by Gasteiger charge is -2.03. The Kier molecular flexibility index (Phi) is 3.31. The molecule has 0 unspecified atom stereocenters. The summed E-state index contributed by atoms with van der Waals surface area (Å²) in [5.74, 6) is 0.876. The van der Waals surface area contributed by atoms with Crippen LogP contribution in [0.1, 0.15) is 17.2 Å². The lowest BCUT2D eigenvalue weighted by molar-refractivity contribution is 0.648. The van der Waals surface area contributed by atoms with Crippen molar-refractivity contribution < 1.29 is 0 Å². The summed E-state index contributed by atoms with van der Waals surface area (Å²) in [6.07, 6.45) is 4.63. The minimum absolute atomic E-state index is 0.816. The van der Waals surface area contributed by atoms with Gasteiger partial charge in [-0.15, -0.1) is 11.3 Å². The van der Waals surface area contributed by atoms with Gasteiger partial charge in [-0.3, -0.25) is 9.08 Å². The molecular formula is C12H16N6S. The van der Waals surface area contributed by atoms with Crippen LogP contribution in [0.5, 0.6) is 0 Å². The molecule has 0 aliphatic carbocycles. The summed E-state index contributed by atoms with van der Waals surface area (Å²) in [7, 11) is 1.88. The second-order valence-electron chi connectivity index (χ2n) is 4.46. The molecule has 6 nitrogen and oxygen atoms in total. The Balaban J connectivity index is 1.57.